The summed E-state index contributed by atoms with van der Waals surface area (Å²) in [6, 6.07) is 7.16. The highest BCUT2D eigenvalue weighted by Gasteiger charge is 2.27. The van der Waals surface area contributed by atoms with Crippen LogP contribution < -0.4 is 11.1 Å². The lowest BCUT2D eigenvalue weighted by molar-refractivity contribution is 0.455. The van der Waals surface area contributed by atoms with Gasteiger partial charge < -0.3 is 11.1 Å². The van der Waals surface area contributed by atoms with E-state index in [1.54, 1.807) is 12.1 Å². The molecule has 2 aromatic carbocycles. The van der Waals surface area contributed by atoms with E-state index in [0.29, 0.717) is 31.1 Å². The van der Waals surface area contributed by atoms with Crippen molar-refractivity contribution in [2.24, 2.45) is 5.73 Å². The predicted octanol–water partition coefficient (Wildman–Crippen LogP) is 4.49. The van der Waals surface area contributed by atoms with Gasteiger partial charge in [-0.2, -0.15) is 0 Å². The van der Waals surface area contributed by atoms with Crippen LogP contribution in [0.5, 0.6) is 0 Å². The van der Waals surface area contributed by atoms with E-state index in [0.717, 1.165) is 11.6 Å². The van der Waals surface area contributed by atoms with Crippen molar-refractivity contribution in [1.29, 1.82) is 0 Å². The molecule has 3 rings (SSSR count). The minimum Gasteiger partial charge on any atom is -0.381 e. The number of anilines is 1. The zero-order valence-corrected chi connectivity index (χ0v) is 13.4. The van der Waals surface area contributed by atoms with Crippen molar-refractivity contribution < 1.29 is 17.6 Å². The number of hydrogen-bond acceptors (Lipinski definition) is 2. The Balaban J connectivity index is 1.69. The maximum atomic E-state index is 14.0. The molecule has 0 saturated carbocycles. The van der Waals surface area contributed by atoms with Gasteiger partial charge in [0.25, 0.3) is 0 Å². The molecule has 0 radical (unpaired) electrons. The largest absolute Gasteiger partial charge is 0.381 e. The van der Waals surface area contributed by atoms with Crippen molar-refractivity contribution in [3.63, 3.8) is 0 Å². The fourth-order valence-electron chi connectivity index (χ4n) is 3.13. The summed E-state index contributed by atoms with van der Waals surface area (Å²) in [5.74, 6) is -3.80. The first-order chi connectivity index (χ1) is 11.9. The first-order valence-corrected chi connectivity index (χ1v) is 8.01. The number of nitrogens with one attached hydrogen (secondary N) is 1. The van der Waals surface area contributed by atoms with Gasteiger partial charge in [-0.05, 0) is 42.7 Å². The average molecular weight is 350 g/mol. The fourth-order valence-corrected chi connectivity index (χ4v) is 3.13. The Labute approximate surface area is 143 Å². The van der Waals surface area contributed by atoms with Gasteiger partial charge in [0, 0.05) is 30.3 Å². The van der Waals surface area contributed by atoms with Gasteiger partial charge in [0.05, 0.1) is 0 Å². The highest BCUT2D eigenvalue weighted by molar-refractivity contribution is 5.44. The minimum absolute atomic E-state index is 0.0970. The third kappa shape index (κ3) is 4.02. The third-order valence-corrected chi connectivity index (χ3v) is 4.46. The van der Waals surface area contributed by atoms with E-state index in [2.05, 4.69) is 5.32 Å². The Morgan fingerprint density at radius 3 is 2.48 bits per heavy atom. The molecule has 2 aromatic rings. The summed E-state index contributed by atoms with van der Waals surface area (Å²) in [5, 5.41) is 3.11. The molecule has 6 heteroatoms. The van der Waals surface area contributed by atoms with Crippen LogP contribution in [0.1, 0.15) is 24.3 Å². The highest BCUT2D eigenvalue weighted by Crippen LogP contribution is 2.33. The molecule has 132 valence electrons. The Bertz CT molecular complexity index is 804. The first-order valence-electron chi connectivity index (χ1n) is 8.01. The standard InChI is InChI=1S/C19H18F4N2/c20-12-2-1-3-13(7-12)25-10-11-4-5-14(19(24)6-11)15-8-17(22)18(23)9-16(15)21/h1-4,7-9,14,19,25H,5-6,10,24H2/t14-,19+/m1/s1. The molecule has 2 atom stereocenters. The zero-order chi connectivity index (χ0) is 18.0. The molecule has 0 heterocycles. The van der Waals surface area contributed by atoms with Crippen LogP contribution in [0, 0.1) is 23.3 Å². The summed E-state index contributed by atoms with van der Waals surface area (Å²) >= 11 is 0. The van der Waals surface area contributed by atoms with Crippen LogP contribution in [-0.2, 0) is 0 Å². The van der Waals surface area contributed by atoms with Crippen LogP contribution in [0.2, 0.25) is 0 Å². The molecule has 0 amide bonds. The lowest BCUT2D eigenvalue weighted by atomic mass is 9.80. The molecule has 0 aromatic heterocycles. The van der Waals surface area contributed by atoms with Crippen LogP contribution in [0.25, 0.3) is 0 Å². The van der Waals surface area contributed by atoms with Crippen LogP contribution in [0.4, 0.5) is 23.2 Å². The van der Waals surface area contributed by atoms with E-state index in [4.69, 9.17) is 5.73 Å². The number of rotatable bonds is 4. The summed E-state index contributed by atoms with van der Waals surface area (Å²) in [7, 11) is 0. The Morgan fingerprint density at radius 2 is 1.76 bits per heavy atom. The zero-order valence-electron chi connectivity index (χ0n) is 13.4. The quantitative estimate of drug-likeness (QED) is 0.484. The van der Waals surface area contributed by atoms with Gasteiger partial charge in [0.15, 0.2) is 11.6 Å². The average Bonchev–Trinajstić information content (AvgIpc) is 2.57. The molecule has 1 aliphatic rings. The second kappa shape index (κ2) is 7.27. The Morgan fingerprint density at radius 1 is 1.00 bits per heavy atom. The summed E-state index contributed by atoms with van der Waals surface area (Å²) < 4.78 is 53.6. The molecule has 2 nitrogen and oxygen atoms in total. The minimum atomic E-state index is -1.21. The SMILES string of the molecule is N[C@H]1CC(CNc2cccc(F)c2)=CC[C@@H]1c1cc(F)c(F)cc1F. The van der Waals surface area contributed by atoms with Crippen molar-refractivity contribution in [3.05, 3.63) is 76.9 Å². The number of hydrogen-bond donors (Lipinski definition) is 2. The lowest BCUT2D eigenvalue weighted by Crippen LogP contribution is -2.33. The van der Waals surface area contributed by atoms with Crippen LogP contribution in [0.3, 0.4) is 0 Å². The Kier molecular flexibility index (Phi) is 5.08. The molecular weight excluding hydrogens is 332 g/mol. The van der Waals surface area contributed by atoms with Gasteiger partial charge in [-0.25, -0.2) is 17.6 Å². The number of nitrogens with two attached hydrogens (primary N) is 1. The summed E-state index contributed by atoms with van der Waals surface area (Å²) in [6.07, 6.45) is 2.84. The summed E-state index contributed by atoms with van der Waals surface area (Å²) in [5.41, 5.74) is 7.90. The van der Waals surface area contributed by atoms with Gasteiger partial charge in [-0.1, -0.05) is 17.7 Å². The van der Waals surface area contributed by atoms with Gasteiger partial charge in [-0.15, -0.1) is 0 Å². The van der Waals surface area contributed by atoms with Gasteiger partial charge >= 0.3 is 0 Å². The smallest absolute Gasteiger partial charge is 0.161 e. The molecule has 0 spiro atoms. The van der Waals surface area contributed by atoms with Crippen molar-refractivity contribution >= 4 is 5.69 Å². The van der Waals surface area contributed by atoms with E-state index in [-0.39, 0.29) is 11.4 Å². The van der Waals surface area contributed by atoms with Gasteiger partial charge in [0.1, 0.15) is 11.6 Å². The second-order valence-electron chi connectivity index (χ2n) is 6.22. The molecule has 1 aliphatic carbocycles. The number of benzene rings is 2. The van der Waals surface area contributed by atoms with Crippen molar-refractivity contribution in [3.8, 4) is 0 Å². The van der Waals surface area contributed by atoms with Crippen LogP contribution in [0.15, 0.2) is 48.0 Å². The monoisotopic (exact) mass is 350 g/mol. The van der Waals surface area contributed by atoms with E-state index in [9.17, 15) is 17.6 Å². The summed E-state index contributed by atoms with van der Waals surface area (Å²) in [6.45, 7) is 0.490. The first kappa shape index (κ1) is 17.5. The third-order valence-electron chi connectivity index (χ3n) is 4.46. The molecule has 0 saturated heterocycles. The summed E-state index contributed by atoms with van der Waals surface area (Å²) in [4.78, 5) is 0. The van der Waals surface area contributed by atoms with Crippen LogP contribution in [-0.4, -0.2) is 12.6 Å². The maximum Gasteiger partial charge on any atom is 0.161 e. The molecule has 25 heavy (non-hydrogen) atoms. The molecule has 0 bridgehead atoms. The highest BCUT2D eigenvalue weighted by atomic mass is 19.2. The van der Waals surface area contributed by atoms with E-state index >= 15 is 0 Å². The molecular formula is C19H18F4N2. The van der Waals surface area contributed by atoms with Gasteiger partial charge in [0.2, 0.25) is 0 Å². The predicted molar refractivity (Wildman–Crippen MR) is 89.2 cm³/mol. The number of allylic oxidation sites excluding steroid dienone is 1. The van der Waals surface area contributed by atoms with Crippen molar-refractivity contribution in [2.45, 2.75) is 24.8 Å². The molecule has 0 aliphatic heterocycles. The fraction of sp³-hybridized carbons (Fsp3) is 0.263. The van der Waals surface area contributed by atoms with Gasteiger partial charge in [-0.3, -0.25) is 0 Å². The van der Waals surface area contributed by atoms with Crippen molar-refractivity contribution in [1.82, 2.24) is 0 Å². The topological polar surface area (TPSA) is 38.0 Å². The van der Waals surface area contributed by atoms with E-state index in [1.807, 2.05) is 6.08 Å². The Hall–Kier alpha value is -2.34. The maximum absolute atomic E-state index is 14.0. The number of halogens is 4. The van der Waals surface area contributed by atoms with E-state index < -0.39 is 29.4 Å². The molecule has 0 unspecified atom stereocenters. The van der Waals surface area contributed by atoms with Crippen molar-refractivity contribution in [2.75, 3.05) is 11.9 Å². The normalized spacial score (nSPS) is 20.3. The molecule has 0 fully saturated rings. The second-order valence-corrected chi connectivity index (χ2v) is 6.22. The molecule has 3 N–H and O–H groups in total. The lowest BCUT2D eigenvalue weighted by Gasteiger charge is -2.29. The van der Waals surface area contributed by atoms with Crippen LogP contribution >= 0.6 is 0 Å². The van der Waals surface area contributed by atoms with E-state index in [1.165, 1.54) is 12.1 Å².